The van der Waals surface area contributed by atoms with Crippen LogP contribution >= 0.6 is 0 Å². The largest absolute Gasteiger partial charge is 0.488 e. The van der Waals surface area contributed by atoms with Crippen molar-refractivity contribution in [1.82, 2.24) is 4.90 Å². The quantitative estimate of drug-likeness (QED) is 0.584. The Hall–Kier alpha value is -2.40. The summed E-state index contributed by atoms with van der Waals surface area (Å²) in [5.41, 5.74) is 1.35. The summed E-state index contributed by atoms with van der Waals surface area (Å²) < 4.78 is 19.5. The second-order valence-corrected chi connectivity index (χ2v) is 6.93. The molecule has 0 amide bonds. The average Bonchev–Trinajstić information content (AvgIpc) is 2.69. The van der Waals surface area contributed by atoms with Crippen molar-refractivity contribution in [2.24, 2.45) is 11.1 Å². The van der Waals surface area contributed by atoms with Crippen molar-refractivity contribution in [2.75, 3.05) is 19.6 Å². The van der Waals surface area contributed by atoms with Gasteiger partial charge in [0.25, 0.3) is 0 Å². The molecule has 0 radical (unpaired) electrons. The lowest BCUT2D eigenvalue weighted by molar-refractivity contribution is -0.0675. The summed E-state index contributed by atoms with van der Waals surface area (Å²) in [6.45, 7) is 3.51. The molecule has 2 bridgehead atoms. The molecule has 5 heteroatoms. The number of oxime groups is 1. The van der Waals surface area contributed by atoms with Crippen molar-refractivity contribution >= 4 is 6.21 Å². The van der Waals surface area contributed by atoms with Gasteiger partial charge in [0.1, 0.15) is 24.3 Å². The maximum atomic E-state index is 13.7. The Morgan fingerprint density at radius 2 is 1.85 bits per heavy atom. The molecule has 0 saturated carbocycles. The van der Waals surface area contributed by atoms with Crippen LogP contribution in [0.4, 0.5) is 4.39 Å². The molecule has 0 N–H and O–H groups in total. The number of para-hydroxylation sites is 1. The van der Waals surface area contributed by atoms with Crippen LogP contribution in [0.5, 0.6) is 5.75 Å². The van der Waals surface area contributed by atoms with Crippen molar-refractivity contribution < 1.29 is 14.0 Å². The zero-order valence-electron chi connectivity index (χ0n) is 14.7. The smallest absolute Gasteiger partial charge is 0.143 e. The summed E-state index contributed by atoms with van der Waals surface area (Å²) in [6, 6.07) is 14.2. The van der Waals surface area contributed by atoms with Crippen LogP contribution in [0.3, 0.4) is 0 Å². The zero-order valence-corrected chi connectivity index (χ0v) is 14.7. The maximum Gasteiger partial charge on any atom is 0.143 e. The first-order valence-electron chi connectivity index (χ1n) is 9.16. The molecule has 136 valence electrons. The molecule has 5 rings (SSSR count). The van der Waals surface area contributed by atoms with Crippen LogP contribution < -0.4 is 4.74 Å². The lowest BCUT2D eigenvalue weighted by atomic mass is 9.86. The molecule has 3 saturated heterocycles. The molecule has 26 heavy (non-hydrogen) atoms. The first-order valence-corrected chi connectivity index (χ1v) is 9.16. The van der Waals surface area contributed by atoms with Gasteiger partial charge in [0, 0.05) is 23.6 Å². The molecule has 3 heterocycles. The van der Waals surface area contributed by atoms with E-state index >= 15 is 0 Å². The first kappa shape index (κ1) is 17.0. The molecular formula is C21H23FN2O2. The second-order valence-electron chi connectivity index (χ2n) is 6.93. The number of nitrogens with zero attached hydrogens (tertiary/aromatic N) is 2. The Morgan fingerprint density at radius 3 is 2.62 bits per heavy atom. The normalized spacial score (nSPS) is 24.7. The molecule has 2 aromatic rings. The summed E-state index contributed by atoms with van der Waals surface area (Å²) in [5, 5.41) is 4.21. The van der Waals surface area contributed by atoms with Crippen molar-refractivity contribution in [1.29, 1.82) is 0 Å². The van der Waals surface area contributed by atoms with E-state index < -0.39 is 0 Å². The van der Waals surface area contributed by atoms with E-state index in [-0.39, 0.29) is 18.5 Å². The predicted molar refractivity (Wildman–Crippen MR) is 98.8 cm³/mol. The number of rotatable bonds is 6. The highest BCUT2D eigenvalue weighted by molar-refractivity contribution is 5.83. The molecule has 3 fully saturated rings. The minimum atomic E-state index is -0.260. The maximum absolute atomic E-state index is 13.7. The SMILES string of the molecule is Fc1ccccc1COc1ccccc1/C=N/OC1CN2CCC1CC2. The fourth-order valence-electron chi connectivity index (χ4n) is 3.69. The lowest BCUT2D eigenvalue weighted by Gasteiger charge is -2.42. The van der Waals surface area contributed by atoms with Gasteiger partial charge in [0.05, 0.1) is 6.21 Å². The monoisotopic (exact) mass is 354 g/mol. The van der Waals surface area contributed by atoms with E-state index in [4.69, 9.17) is 9.57 Å². The highest BCUT2D eigenvalue weighted by Crippen LogP contribution is 2.29. The minimum Gasteiger partial charge on any atom is -0.488 e. The van der Waals surface area contributed by atoms with Crippen LogP contribution in [0.2, 0.25) is 0 Å². The van der Waals surface area contributed by atoms with Crippen LogP contribution in [0.15, 0.2) is 53.7 Å². The molecule has 0 aliphatic carbocycles. The highest BCUT2D eigenvalue weighted by Gasteiger charge is 2.35. The van der Waals surface area contributed by atoms with Crippen LogP contribution in [0.1, 0.15) is 24.0 Å². The number of ether oxygens (including phenoxy) is 1. The standard InChI is InChI=1S/C21H23FN2O2/c22-19-7-3-1-6-18(19)15-25-20-8-4-2-5-17(20)13-23-26-21-14-24-11-9-16(21)10-12-24/h1-8,13,16,21H,9-12,14-15H2/b23-13+. The second kappa shape index (κ2) is 7.87. The Labute approximate surface area is 153 Å². The number of fused-ring (bicyclic) bond motifs is 3. The van der Waals surface area contributed by atoms with Gasteiger partial charge in [-0.2, -0.15) is 0 Å². The van der Waals surface area contributed by atoms with Crippen LogP contribution in [-0.4, -0.2) is 36.9 Å². The van der Waals surface area contributed by atoms with Crippen LogP contribution in [0.25, 0.3) is 0 Å². The zero-order chi connectivity index (χ0) is 17.8. The van der Waals surface area contributed by atoms with E-state index in [0.717, 1.165) is 12.1 Å². The molecule has 3 aliphatic rings. The van der Waals surface area contributed by atoms with Gasteiger partial charge >= 0.3 is 0 Å². The van der Waals surface area contributed by atoms with Crippen LogP contribution in [-0.2, 0) is 11.4 Å². The third-order valence-corrected chi connectivity index (χ3v) is 5.24. The molecule has 1 unspecified atom stereocenters. The molecule has 4 nitrogen and oxygen atoms in total. The van der Waals surface area contributed by atoms with E-state index in [1.165, 1.54) is 32.0 Å². The topological polar surface area (TPSA) is 34.1 Å². The van der Waals surface area contributed by atoms with Crippen molar-refractivity contribution in [3.8, 4) is 5.75 Å². The van der Waals surface area contributed by atoms with E-state index in [2.05, 4.69) is 10.1 Å². The third-order valence-electron chi connectivity index (χ3n) is 5.24. The van der Waals surface area contributed by atoms with Gasteiger partial charge in [-0.3, -0.25) is 4.90 Å². The first-order chi connectivity index (χ1) is 12.8. The van der Waals surface area contributed by atoms with Gasteiger partial charge in [-0.05, 0) is 44.1 Å². The van der Waals surface area contributed by atoms with Gasteiger partial charge < -0.3 is 9.57 Å². The van der Waals surface area contributed by atoms with E-state index in [9.17, 15) is 4.39 Å². The number of hydrogen-bond acceptors (Lipinski definition) is 4. The summed E-state index contributed by atoms with van der Waals surface area (Å²) in [4.78, 5) is 8.21. The third kappa shape index (κ3) is 3.88. The van der Waals surface area contributed by atoms with Gasteiger partial charge in [-0.25, -0.2) is 4.39 Å². The number of halogens is 1. The van der Waals surface area contributed by atoms with Gasteiger partial charge in [-0.15, -0.1) is 0 Å². The molecule has 1 atom stereocenters. The molecule has 2 aromatic carbocycles. The Balaban J connectivity index is 1.38. The molecular weight excluding hydrogens is 331 g/mol. The number of benzene rings is 2. The van der Waals surface area contributed by atoms with Crippen molar-refractivity contribution in [2.45, 2.75) is 25.6 Å². The van der Waals surface area contributed by atoms with Gasteiger partial charge in [-0.1, -0.05) is 35.5 Å². The lowest BCUT2D eigenvalue weighted by Crippen LogP contribution is -2.50. The van der Waals surface area contributed by atoms with Crippen molar-refractivity contribution in [3.63, 3.8) is 0 Å². The molecule has 3 aliphatic heterocycles. The fraction of sp³-hybridized carbons (Fsp3) is 0.381. The number of hydrogen-bond donors (Lipinski definition) is 0. The summed E-state index contributed by atoms with van der Waals surface area (Å²) in [7, 11) is 0. The highest BCUT2D eigenvalue weighted by atomic mass is 19.1. The predicted octanol–water partition coefficient (Wildman–Crippen LogP) is 3.85. The van der Waals surface area contributed by atoms with Crippen molar-refractivity contribution in [3.05, 3.63) is 65.5 Å². The van der Waals surface area contributed by atoms with Crippen LogP contribution in [0, 0.1) is 11.7 Å². The fourth-order valence-corrected chi connectivity index (χ4v) is 3.69. The number of piperidine rings is 3. The minimum absolute atomic E-state index is 0.179. The molecule has 0 spiro atoms. The Bertz CT molecular complexity index is 772. The summed E-state index contributed by atoms with van der Waals surface area (Å²) >= 11 is 0. The van der Waals surface area contributed by atoms with E-state index in [0.29, 0.717) is 17.2 Å². The summed E-state index contributed by atoms with van der Waals surface area (Å²) in [5.74, 6) is 1.02. The van der Waals surface area contributed by atoms with Gasteiger partial charge in [0.15, 0.2) is 0 Å². The van der Waals surface area contributed by atoms with E-state index in [1.54, 1.807) is 24.4 Å². The van der Waals surface area contributed by atoms with Gasteiger partial charge in [0.2, 0.25) is 0 Å². The van der Waals surface area contributed by atoms with E-state index in [1.807, 2.05) is 24.3 Å². The average molecular weight is 354 g/mol. The Kier molecular flexibility index (Phi) is 5.16. The Morgan fingerprint density at radius 1 is 1.08 bits per heavy atom. The molecule has 0 aromatic heterocycles. The summed E-state index contributed by atoms with van der Waals surface area (Å²) in [6.07, 6.45) is 4.26.